The molecule has 0 saturated heterocycles. The van der Waals surface area contributed by atoms with Gasteiger partial charge in [-0.15, -0.1) is 0 Å². The van der Waals surface area contributed by atoms with Gasteiger partial charge in [-0.3, -0.25) is 0 Å². The minimum atomic E-state index is 0.335. The molecule has 11 rings (SSSR count). The molecule has 2 aromatic heterocycles. The van der Waals surface area contributed by atoms with E-state index in [-0.39, 0.29) is 0 Å². The summed E-state index contributed by atoms with van der Waals surface area (Å²) in [5, 5.41) is 5.23. The molecule has 0 bridgehead atoms. The summed E-state index contributed by atoms with van der Waals surface area (Å²) in [6.45, 7) is 9.40. The van der Waals surface area contributed by atoms with Gasteiger partial charge in [0.1, 0.15) is 0 Å². The predicted molar refractivity (Wildman–Crippen MR) is 296 cm³/mol. The van der Waals surface area contributed by atoms with E-state index in [2.05, 4.69) is 207 Å². The summed E-state index contributed by atoms with van der Waals surface area (Å²) in [5.74, 6) is 0.670. The van der Waals surface area contributed by atoms with Crippen LogP contribution in [-0.4, -0.2) is 9.13 Å². The lowest BCUT2D eigenvalue weighted by Crippen LogP contribution is -2.06. The SMILES string of the molecule is CCCCCCCC(c1ccc(-n2c3ccccc3c3ccccc32)cc1)c1cc2c(cc1C)Cc1cc(C)c(C(CCCCCCC)c3ccc(-n4c5ccccc5c5ccccc54)cc3)cc1-2. The average Bonchev–Trinajstić information content (AvgIpc) is 4.03. The van der Waals surface area contributed by atoms with Crippen molar-refractivity contribution in [1.29, 1.82) is 0 Å². The first-order valence-electron chi connectivity index (χ1n) is 26.4. The Morgan fingerprint density at radius 3 is 1.06 bits per heavy atom. The smallest absolute Gasteiger partial charge is 0.0541 e. The molecular weight excluding hydrogens is 833 g/mol. The van der Waals surface area contributed by atoms with Gasteiger partial charge < -0.3 is 9.13 Å². The molecule has 346 valence electrons. The quantitative estimate of drug-likeness (QED) is 0.0760. The standard InChI is InChI=1S/C67H68N2/c1-5-7-9-11-13-23-54(48-33-37-52(38-34-48)68-64-29-19-15-25-56(64)57-26-16-20-30-65(57)68)60-44-62-50(41-46(60)3)43-51-42-47(4)61(45-63(51)62)55(24-14-12-10-8-6-2)49-35-39-53(40-36-49)69-66-31-21-17-27-58(66)59-28-18-22-32-67(59)69/h15-22,25-42,44-45,54-55H,5-14,23-24,43H2,1-4H3. The average molecular weight is 901 g/mol. The van der Waals surface area contributed by atoms with Crippen molar-refractivity contribution in [2.24, 2.45) is 0 Å². The van der Waals surface area contributed by atoms with Crippen molar-refractivity contribution in [3.05, 3.63) is 214 Å². The first-order valence-corrected chi connectivity index (χ1v) is 26.4. The van der Waals surface area contributed by atoms with E-state index in [9.17, 15) is 0 Å². The van der Waals surface area contributed by atoms with Crippen LogP contribution in [0.15, 0.2) is 170 Å². The minimum Gasteiger partial charge on any atom is -0.309 e. The third-order valence-corrected chi connectivity index (χ3v) is 15.9. The molecule has 0 amide bonds. The van der Waals surface area contributed by atoms with Crippen molar-refractivity contribution in [2.45, 2.75) is 123 Å². The lowest BCUT2D eigenvalue weighted by Gasteiger charge is -2.23. The predicted octanol–water partition coefficient (Wildman–Crippen LogP) is 19.1. The van der Waals surface area contributed by atoms with E-state index in [4.69, 9.17) is 0 Å². The summed E-state index contributed by atoms with van der Waals surface area (Å²) >= 11 is 0. The van der Waals surface area contributed by atoms with Gasteiger partial charge in [-0.25, -0.2) is 0 Å². The monoisotopic (exact) mass is 901 g/mol. The summed E-state index contributed by atoms with van der Waals surface area (Å²) in [6, 6.07) is 65.0. The Balaban J connectivity index is 0.954. The molecule has 69 heavy (non-hydrogen) atoms. The van der Waals surface area contributed by atoms with Crippen LogP contribution >= 0.6 is 0 Å². The van der Waals surface area contributed by atoms with Crippen molar-refractivity contribution in [2.75, 3.05) is 0 Å². The zero-order valence-corrected chi connectivity index (χ0v) is 41.4. The molecule has 2 nitrogen and oxygen atoms in total. The van der Waals surface area contributed by atoms with Crippen molar-refractivity contribution in [3.63, 3.8) is 0 Å². The topological polar surface area (TPSA) is 9.86 Å². The second-order valence-corrected chi connectivity index (χ2v) is 20.3. The summed E-state index contributed by atoms with van der Waals surface area (Å²) in [6.07, 6.45) is 16.2. The minimum absolute atomic E-state index is 0.335. The Bertz CT molecular complexity index is 3080. The Labute approximate surface area is 410 Å². The van der Waals surface area contributed by atoms with Crippen LogP contribution in [0, 0.1) is 13.8 Å². The first kappa shape index (κ1) is 44.8. The van der Waals surface area contributed by atoms with Crippen LogP contribution in [0.5, 0.6) is 0 Å². The van der Waals surface area contributed by atoms with E-state index in [1.165, 1.54) is 175 Å². The zero-order chi connectivity index (χ0) is 46.8. The number of rotatable bonds is 18. The number of hydrogen-bond donors (Lipinski definition) is 0. The fraction of sp³-hybridized carbons (Fsp3) is 0.284. The van der Waals surface area contributed by atoms with Crippen molar-refractivity contribution < 1.29 is 0 Å². The second kappa shape index (κ2) is 19.8. The number of aromatic nitrogens is 2. The van der Waals surface area contributed by atoms with E-state index < -0.39 is 0 Å². The van der Waals surface area contributed by atoms with Crippen molar-refractivity contribution in [1.82, 2.24) is 9.13 Å². The molecule has 2 heteroatoms. The Morgan fingerprint density at radius 1 is 0.377 bits per heavy atom. The Hall–Kier alpha value is -6.64. The van der Waals surface area contributed by atoms with Crippen molar-refractivity contribution in [3.8, 4) is 22.5 Å². The van der Waals surface area contributed by atoms with Crippen LogP contribution in [0.2, 0.25) is 0 Å². The highest BCUT2D eigenvalue weighted by molar-refractivity contribution is 6.10. The maximum Gasteiger partial charge on any atom is 0.0541 e. The van der Waals surface area contributed by atoms with Gasteiger partial charge in [-0.05, 0) is 149 Å². The Kier molecular flexibility index (Phi) is 12.8. The van der Waals surface area contributed by atoms with E-state index in [1.54, 1.807) is 0 Å². The molecule has 1 aliphatic rings. The summed E-state index contributed by atoms with van der Waals surface area (Å²) in [7, 11) is 0. The summed E-state index contributed by atoms with van der Waals surface area (Å²) in [5.41, 5.74) is 22.1. The highest BCUT2D eigenvalue weighted by Crippen LogP contribution is 2.46. The second-order valence-electron chi connectivity index (χ2n) is 20.3. The van der Waals surface area contributed by atoms with Gasteiger partial charge in [0, 0.05) is 44.8 Å². The normalized spacial score (nSPS) is 13.2. The fourth-order valence-electron chi connectivity index (χ4n) is 12.3. The number of para-hydroxylation sites is 4. The van der Waals surface area contributed by atoms with Crippen molar-refractivity contribution >= 4 is 43.6 Å². The first-order chi connectivity index (χ1) is 34.0. The number of benzene rings is 8. The van der Waals surface area contributed by atoms with Gasteiger partial charge in [0.2, 0.25) is 0 Å². The van der Waals surface area contributed by atoms with E-state index >= 15 is 0 Å². The molecule has 0 aliphatic heterocycles. The van der Waals surface area contributed by atoms with E-state index in [1.807, 2.05) is 0 Å². The highest BCUT2D eigenvalue weighted by Gasteiger charge is 2.27. The molecule has 0 fully saturated rings. The van der Waals surface area contributed by atoms with Gasteiger partial charge >= 0.3 is 0 Å². The molecule has 0 saturated carbocycles. The molecule has 8 aromatic carbocycles. The molecule has 2 heterocycles. The number of hydrogen-bond acceptors (Lipinski definition) is 0. The molecule has 0 radical (unpaired) electrons. The van der Waals surface area contributed by atoms with Crippen LogP contribution < -0.4 is 0 Å². The van der Waals surface area contributed by atoms with Gasteiger partial charge in [0.15, 0.2) is 0 Å². The molecular formula is C67H68N2. The van der Waals surface area contributed by atoms with Gasteiger partial charge in [0.05, 0.1) is 22.1 Å². The highest BCUT2D eigenvalue weighted by atomic mass is 15.0. The van der Waals surface area contributed by atoms with E-state index in [0.717, 1.165) is 19.3 Å². The number of aryl methyl sites for hydroxylation is 2. The Morgan fingerprint density at radius 2 is 0.710 bits per heavy atom. The van der Waals surface area contributed by atoms with E-state index in [0.29, 0.717) is 11.8 Å². The van der Waals surface area contributed by atoms with Gasteiger partial charge in [0.25, 0.3) is 0 Å². The maximum absolute atomic E-state index is 2.63. The molecule has 0 spiro atoms. The third kappa shape index (κ3) is 8.51. The summed E-state index contributed by atoms with van der Waals surface area (Å²) < 4.78 is 4.90. The van der Waals surface area contributed by atoms with Gasteiger partial charge in [-0.2, -0.15) is 0 Å². The number of fused-ring (bicyclic) bond motifs is 9. The van der Waals surface area contributed by atoms with Crippen LogP contribution in [-0.2, 0) is 6.42 Å². The zero-order valence-electron chi connectivity index (χ0n) is 41.4. The number of nitrogens with zero attached hydrogens (tertiary/aromatic N) is 2. The largest absolute Gasteiger partial charge is 0.309 e. The molecule has 10 aromatic rings. The number of unbranched alkanes of at least 4 members (excludes halogenated alkanes) is 8. The molecule has 2 atom stereocenters. The molecule has 2 unspecified atom stereocenters. The lowest BCUT2D eigenvalue weighted by molar-refractivity contribution is 0.579. The van der Waals surface area contributed by atoms with Crippen LogP contribution in [0.25, 0.3) is 66.1 Å². The lowest BCUT2D eigenvalue weighted by atomic mass is 9.81. The summed E-state index contributed by atoms with van der Waals surface area (Å²) in [4.78, 5) is 0. The molecule has 1 aliphatic carbocycles. The fourth-order valence-corrected chi connectivity index (χ4v) is 12.3. The van der Waals surface area contributed by atoms with Crippen LogP contribution in [0.4, 0.5) is 0 Å². The van der Waals surface area contributed by atoms with Crippen LogP contribution in [0.1, 0.15) is 147 Å². The van der Waals surface area contributed by atoms with Crippen LogP contribution in [0.3, 0.4) is 0 Å². The molecule has 0 N–H and O–H groups in total. The third-order valence-electron chi connectivity index (χ3n) is 15.9. The van der Waals surface area contributed by atoms with Gasteiger partial charge in [-0.1, -0.05) is 187 Å². The maximum atomic E-state index is 2.63.